The molecular formula is C22H22N2O3. The van der Waals surface area contributed by atoms with Crippen molar-refractivity contribution in [1.82, 2.24) is 4.90 Å². The van der Waals surface area contributed by atoms with Gasteiger partial charge in [0.25, 0.3) is 5.91 Å². The average molecular weight is 362 g/mol. The van der Waals surface area contributed by atoms with Crippen molar-refractivity contribution >= 4 is 22.6 Å². The average Bonchev–Trinajstić information content (AvgIpc) is 2.69. The molecule has 138 valence electrons. The van der Waals surface area contributed by atoms with E-state index in [1.165, 1.54) is 0 Å². The predicted octanol–water partition coefficient (Wildman–Crippen LogP) is 3.12. The molecule has 3 aromatic carbocycles. The largest absolute Gasteiger partial charge is 0.484 e. The number of benzene rings is 3. The molecule has 3 aromatic rings. The lowest BCUT2D eigenvalue weighted by Gasteiger charge is -2.22. The van der Waals surface area contributed by atoms with E-state index in [0.717, 1.165) is 16.3 Å². The molecule has 2 N–H and O–H groups in total. The Morgan fingerprint density at radius 2 is 1.59 bits per heavy atom. The number of primary amides is 1. The zero-order chi connectivity index (χ0) is 19.1. The molecule has 5 heteroatoms. The first-order chi connectivity index (χ1) is 13.1. The van der Waals surface area contributed by atoms with Crippen LogP contribution in [0.2, 0.25) is 0 Å². The van der Waals surface area contributed by atoms with Crippen molar-refractivity contribution in [2.75, 3.05) is 13.2 Å². The van der Waals surface area contributed by atoms with Gasteiger partial charge in [0.1, 0.15) is 5.75 Å². The summed E-state index contributed by atoms with van der Waals surface area (Å²) in [5.41, 5.74) is 6.23. The maximum absolute atomic E-state index is 12.6. The van der Waals surface area contributed by atoms with Crippen LogP contribution < -0.4 is 10.5 Å². The zero-order valence-electron chi connectivity index (χ0n) is 15.0. The highest BCUT2D eigenvalue weighted by Crippen LogP contribution is 2.20. The molecule has 0 bridgehead atoms. The molecular weight excluding hydrogens is 340 g/mol. The molecule has 0 heterocycles. The van der Waals surface area contributed by atoms with Gasteiger partial charge < -0.3 is 15.4 Å². The molecule has 0 atom stereocenters. The molecule has 5 nitrogen and oxygen atoms in total. The standard InChI is InChI=1S/C22H22N2O3/c23-21(25)12-13-24(15-17-6-2-1-3-7-17)22(26)16-27-20-11-10-18-8-4-5-9-19(18)14-20/h1-11,14H,12-13,15-16H2,(H2,23,25). The molecule has 0 spiro atoms. The Hall–Kier alpha value is -3.34. The van der Waals surface area contributed by atoms with Gasteiger partial charge in [0.05, 0.1) is 0 Å². The van der Waals surface area contributed by atoms with Crippen molar-refractivity contribution in [2.24, 2.45) is 5.73 Å². The first kappa shape index (κ1) is 18.5. The number of hydrogen-bond donors (Lipinski definition) is 1. The highest BCUT2D eigenvalue weighted by atomic mass is 16.5. The van der Waals surface area contributed by atoms with Crippen LogP contribution >= 0.6 is 0 Å². The third-order valence-corrected chi connectivity index (χ3v) is 4.28. The monoisotopic (exact) mass is 362 g/mol. The number of nitrogens with two attached hydrogens (primary N) is 1. The second-order valence-electron chi connectivity index (χ2n) is 6.31. The lowest BCUT2D eigenvalue weighted by Crippen LogP contribution is -2.36. The van der Waals surface area contributed by atoms with E-state index in [1.807, 2.05) is 72.8 Å². The lowest BCUT2D eigenvalue weighted by atomic mass is 10.1. The van der Waals surface area contributed by atoms with Crippen molar-refractivity contribution in [3.8, 4) is 5.75 Å². The van der Waals surface area contributed by atoms with Crippen LogP contribution in [0, 0.1) is 0 Å². The van der Waals surface area contributed by atoms with Crippen LogP contribution in [0.4, 0.5) is 0 Å². The van der Waals surface area contributed by atoms with Gasteiger partial charge in [-0.1, -0.05) is 60.7 Å². The van der Waals surface area contributed by atoms with E-state index in [9.17, 15) is 9.59 Å². The first-order valence-electron chi connectivity index (χ1n) is 8.83. The summed E-state index contributed by atoms with van der Waals surface area (Å²) in [7, 11) is 0. The van der Waals surface area contributed by atoms with Gasteiger partial charge >= 0.3 is 0 Å². The van der Waals surface area contributed by atoms with Crippen molar-refractivity contribution in [2.45, 2.75) is 13.0 Å². The van der Waals surface area contributed by atoms with E-state index in [1.54, 1.807) is 4.90 Å². The molecule has 0 aliphatic carbocycles. The maximum Gasteiger partial charge on any atom is 0.260 e. The SMILES string of the molecule is NC(=O)CCN(Cc1ccccc1)C(=O)COc1ccc2ccccc2c1. The molecule has 0 aliphatic rings. The fourth-order valence-corrected chi connectivity index (χ4v) is 2.83. The third kappa shape index (κ3) is 5.31. The van der Waals surface area contributed by atoms with E-state index in [0.29, 0.717) is 12.3 Å². The van der Waals surface area contributed by atoms with Crippen molar-refractivity contribution in [3.63, 3.8) is 0 Å². The van der Waals surface area contributed by atoms with Gasteiger partial charge in [-0.25, -0.2) is 0 Å². The van der Waals surface area contributed by atoms with Crippen molar-refractivity contribution < 1.29 is 14.3 Å². The molecule has 0 fully saturated rings. The van der Waals surface area contributed by atoms with Crippen LogP contribution in [0.1, 0.15) is 12.0 Å². The van der Waals surface area contributed by atoms with Gasteiger partial charge in [-0.15, -0.1) is 0 Å². The number of ether oxygens (including phenoxy) is 1. The molecule has 0 aromatic heterocycles. The summed E-state index contributed by atoms with van der Waals surface area (Å²) in [6, 6.07) is 23.3. The van der Waals surface area contributed by atoms with E-state index in [2.05, 4.69) is 0 Å². The minimum atomic E-state index is -0.434. The third-order valence-electron chi connectivity index (χ3n) is 4.28. The maximum atomic E-state index is 12.6. The lowest BCUT2D eigenvalue weighted by molar-refractivity contribution is -0.134. The molecule has 0 saturated heterocycles. The van der Waals surface area contributed by atoms with Crippen LogP contribution in [-0.2, 0) is 16.1 Å². The zero-order valence-corrected chi connectivity index (χ0v) is 15.0. The van der Waals surface area contributed by atoms with Gasteiger partial charge in [-0.2, -0.15) is 0 Å². The smallest absolute Gasteiger partial charge is 0.260 e. The van der Waals surface area contributed by atoms with E-state index < -0.39 is 5.91 Å². The van der Waals surface area contributed by atoms with Crippen LogP contribution in [0.5, 0.6) is 5.75 Å². The molecule has 0 unspecified atom stereocenters. The van der Waals surface area contributed by atoms with Gasteiger partial charge in [-0.3, -0.25) is 9.59 Å². The van der Waals surface area contributed by atoms with Gasteiger partial charge in [0.2, 0.25) is 5.91 Å². The Labute approximate surface area is 158 Å². The fourth-order valence-electron chi connectivity index (χ4n) is 2.83. The van der Waals surface area contributed by atoms with Crippen LogP contribution in [-0.4, -0.2) is 29.9 Å². The molecule has 0 aliphatic heterocycles. The molecule has 0 radical (unpaired) electrons. The quantitative estimate of drug-likeness (QED) is 0.669. The summed E-state index contributed by atoms with van der Waals surface area (Å²) in [6.45, 7) is 0.585. The Morgan fingerprint density at radius 3 is 2.33 bits per heavy atom. The van der Waals surface area contributed by atoms with Gasteiger partial charge in [0.15, 0.2) is 6.61 Å². The minimum Gasteiger partial charge on any atom is -0.484 e. The summed E-state index contributed by atoms with van der Waals surface area (Å²) in [5.74, 6) is 0.0150. The summed E-state index contributed by atoms with van der Waals surface area (Å²) in [4.78, 5) is 25.4. The van der Waals surface area contributed by atoms with Crippen molar-refractivity contribution in [3.05, 3.63) is 78.4 Å². The Bertz CT molecular complexity index is 925. The number of carbonyl (C=O) groups excluding carboxylic acids is 2. The number of nitrogens with zero attached hydrogens (tertiary/aromatic N) is 1. The minimum absolute atomic E-state index is 0.0933. The normalized spacial score (nSPS) is 10.5. The molecule has 2 amide bonds. The highest BCUT2D eigenvalue weighted by molar-refractivity contribution is 5.84. The second kappa shape index (κ2) is 8.85. The summed E-state index contributed by atoms with van der Waals surface area (Å²) in [5, 5.41) is 2.17. The Balaban J connectivity index is 1.65. The van der Waals surface area contributed by atoms with E-state index in [-0.39, 0.29) is 25.5 Å². The first-order valence-corrected chi connectivity index (χ1v) is 8.83. The van der Waals surface area contributed by atoms with E-state index in [4.69, 9.17) is 10.5 Å². The van der Waals surface area contributed by atoms with Crippen LogP contribution in [0.25, 0.3) is 10.8 Å². The highest BCUT2D eigenvalue weighted by Gasteiger charge is 2.16. The Morgan fingerprint density at radius 1 is 0.889 bits per heavy atom. The topological polar surface area (TPSA) is 72.6 Å². The van der Waals surface area contributed by atoms with E-state index >= 15 is 0 Å². The predicted molar refractivity (Wildman–Crippen MR) is 105 cm³/mol. The van der Waals surface area contributed by atoms with Crippen LogP contribution in [0.3, 0.4) is 0 Å². The van der Waals surface area contributed by atoms with Gasteiger partial charge in [0, 0.05) is 19.5 Å². The van der Waals surface area contributed by atoms with Crippen molar-refractivity contribution in [1.29, 1.82) is 0 Å². The fraction of sp³-hybridized carbons (Fsp3) is 0.182. The Kier molecular flexibility index (Phi) is 6.05. The summed E-state index contributed by atoms with van der Waals surface area (Å²) in [6.07, 6.45) is 0.120. The summed E-state index contributed by atoms with van der Waals surface area (Å²) >= 11 is 0. The van der Waals surface area contributed by atoms with Crippen LogP contribution in [0.15, 0.2) is 72.8 Å². The molecule has 3 rings (SSSR count). The number of rotatable bonds is 8. The number of amides is 2. The molecule has 0 saturated carbocycles. The summed E-state index contributed by atoms with van der Waals surface area (Å²) < 4.78 is 5.69. The second-order valence-corrected chi connectivity index (χ2v) is 6.31. The van der Waals surface area contributed by atoms with Gasteiger partial charge in [-0.05, 0) is 28.5 Å². The number of fused-ring (bicyclic) bond motifs is 1. The molecule has 27 heavy (non-hydrogen) atoms. The number of carbonyl (C=O) groups is 2. The number of hydrogen-bond acceptors (Lipinski definition) is 3.